The lowest BCUT2D eigenvalue weighted by atomic mass is 10.2. The smallest absolute Gasteiger partial charge is 0.179 e. The third-order valence-corrected chi connectivity index (χ3v) is 3.37. The van der Waals surface area contributed by atoms with E-state index in [2.05, 4.69) is 22.9 Å². The molecule has 18 heavy (non-hydrogen) atoms. The molecule has 0 atom stereocenters. The number of amidine groups is 1. The van der Waals surface area contributed by atoms with Crippen LogP contribution >= 0.6 is 15.9 Å². The second-order valence-electron chi connectivity index (χ2n) is 4.06. The van der Waals surface area contributed by atoms with Crippen LogP contribution in [0.15, 0.2) is 16.6 Å². The minimum atomic E-state index is -0.502. The second kappa shape index (κ2) is 7.36. The van der Waals surface area contributed by atoms with E-state index in [4.69, 9.17) is 15.9 Å². The van der Waals surface area contributed by atoms with Crippen molar-refractivity contribution in [2.24, 2.45) is 5.73 Å². The Kier molecular flexibility index (Phi) is 6.12. The Labute approximate surface area is 115 Å². The summed E-state index contributed by atoms with van der Waals surface area (Å²) in [4.78, 5) is 0. The van der Waals surface area contributed by atoms with Gasteiger partial charge in [0.2, 0.25) is 0 Å². The van der Waals surface area contributed by atoms with Gasteiger partial charge in [0.1, 0.15) is 5.84 Å². The van der Waals surface area contributed by atoms with Crippen LogP contribution in [0.25, 0.3) is 0 Å². The Morgan fingerprint density at radius 3 is 2.72 bits per heavy atom. The van der Waals surface area contributed by atoms with E-state index in [-0.39, 0.29) is 16.1 Å². The standard InChI is InChI=1S/C13H18BrFN2O/c1-2-3-4-5-8-18-10-7-6-9(13(16)17)11(14)12(10)15/h6-7H,2-5,8H2,1H3,(H3,16,17). The number of unbranched alkanes of at least 4 members (excludes halogenated alkanes) is 3. The van der Waals surface area contributed by atoms with Gasteiger partial charge in [0, 0.05) is 5.56 Å². The molecule has 0 spiro atoms. The van der Waals surface area contributed by atoms with Crippen molar-refractivity contribution in [1.82, 2.24) is 0 Å². The van der Waals surface area contributed by atoms with Gasteiger partial charge < -0.3 is 10.5 Å². The number of nitrogen functional groups attached to an aromatic ring is 1. The Morgan fingerprint density at radius 2 is 2.11 bits per heavy atom. The highest BCUT2D eigenvalue weighted by Gasteiger charge is 2.13. The largest absolute Gasteiger partial charge is 0.490 e. The molecule has 0 amide bonds. The van der Waals surface area contributed by atoms with Gasteiger partial charge in [0.05, 0.1) is 11.1 Å². The fourth-order valence-corrected chi connectivity index (χ4v) is 2.10. The molecule has 0 radical (unpaired) electrons. The molecule has 0 saturated carbocycles. The number of rotatable bonds is 7. The highest BCUT2D eigenvalue weighted by Crippen LogP contribution is 2.28. The molecule has 0 aliphatic rings. The van der Waals surface area contributed by atoms with Gasteiger partial charge in [-0.1, -0.05) is 26.2 Å². The van der Waals surface area contributed by atoms with E-state index in [1.165, 1.54) is 12.5 Å². The maximum absolute atomic E-state index is 13.9. The molecule has 0 heterocycles. The first kappa shape index (κ1) is 15.0. The Balaban J connectivity index is 2.62. The van der Waals surface area contributed by atoms with Crippen LogP contribution in [-0.4, -0.2) is 12.4 Å². The van der Waals surface area contributed by atoms with Gasteiger partial charge in [-0.2, -0.15) is 0 Å². The van der Waals surface area contributed by atoms with Crippen LogP contribution in [-0.2, 0) is 0 Å². The van der Waals surface area contributed by atoms with Crippen molar-refractivity contribution in [3.05, 3.63) is 28.0 Å². The van der Waals surface area contributed by atoms with Crippen molar-refractivity contribution in [1.29, 1.82) is 5.41 Å². The van der Waals surface area contributed by atoms with Gasteiger partial charge in [-0.05, 0) is 34.5 Å². The lowest BCUT2D eigenvalue weighted by molar-refractivity contribution is 0.290. The zero-order chi connectivity index (χ0) is 13.5. The molecule has 0 aromatic heterocycles. The minimum absolute atomic E-state index is 0.171. The summed E-state index contributed by atoms with van der Waals surface area (Å²) in [5.41, 5.74) is 5.67. The van der Waals surface area contributed by atoms with Crippen LogP contribution in [0.3, 0.4) is 0 Å². The van der Waals surface area contributed by atoms with Crippen LogP contribution in [0.1, 0.15) is 38.2 Å². The summed E-state index contributed by atoms with van der Waals surface area (Å²) in [7, 11) is 0. The van der Waals surface area contributed by atoms with Crippen LogP contribution in [0.5, 0.6) is 5.75 Å². The van der Waals surface area contributed by atoms with E-state index in [1.54, 1.807) is 6.07 Å². The van der Waals surface area contributed by atoms with E-state index in [0.29, 0.717) is 12.2 Å². The summed E-state index contributed by atoms with van der Waals surface area (Å²) in [5, 5.41) is 7.30. The number of ether oxygens (including phenoxy) is 1. The molecule has 0 bridgehead atoms. The summed E-state index contributed by atoms with van der Waals surface area (Å²) in [5.74, 6) is -0.475. The van der Waals surface area contributed by atoms with Crippen molar-refractivity contribution in [3.63, 3.8) is 0 Å². The van der Waals surface area contributed by atoms with E-state index < -0.39 is 5.82 Å². The van der Waals surface area contributed by atoms with Crippen molar-refractivity contribution in [2.75, 3.05) is 6.61 Å². The van der Waals surface area contributed by atoms with Gasteiger partial charge >= 0.3 is 0 Å². The molecule has 1 aromatic rings. The predicted octanol–water partition coefficient (Wildman–Crippen LogP) is 3.83. The first-order valence-corrected chi connectivity index (χ1v) is 6.82. The molecular weight excluding hydrogens is 299 g/mol. The predicted molar refractivity (Wildman–Crippen MR) is 74.8 cm³/mol. The Hall–Kier alpha value is -1.10. The second-order valence-corrected chi connectivity index (χ2v) is 4.86. The molecule has 0 aliphatic carbocycles. The summed E-state index contributed by atoms with van der Waals surface area (Å²) < 4.78 is 19.4. The first-order valence-electron chi connectivity index (χ1n) is 6.03. The van der Waals surface area contributed by atoms with Gasteiger partial charge in [-0.3, -0.25) is 5.41 Å². The fraction of sp³-hybridized carbons (Fsp3) is 0.462. The monoisotopic (exact) mass is 316 g/mol. The van der Waals surface area contributed by atoms with E-state index >= 15 is 0 Å². The van der Waals surface area contributed by atoms with E-state index in [0.717, 1.165) is 19.3 Å². The number of hydrogen-bond acceptors (Lipinski definition) is 2. The van der Waals surface area contributed by atoms with Crippen molar-refractivity contribution in [2.45, 2.75) is 32.6 Å². The molecule has 0 saturated heterocycles. The van der Waals surface area contributed by atoms with Crippen molar-refractivity contribution < 1.29 is 9.13 Å². The summed E-state index contributed by atoms with van der Waals surface area (Å²) in [6.45, 7) is 2.64. The lowest BCUT2D eigenvalue weighted by Crippen LogP contribution is -2.13. The summed E-state index contributed by atoms with van der Waals surface area (Å²) in [6.07, 6.45) is 4.33. The van der Waals surface area contributed by atoms with Gasteiger partial charge in [-0.15, -0.1) is 0 Å². The summed E-state index contributed by atoms with van der Waals surface area (Å²) >= 11 is 3.09. The van der Waals surface area contributed by atoms with Crippen molar-refractivity contribution in [3.8, 4) is 5.75 Å². The molecule has 3 N–H and O–H groups in total. The highest BCUT2D eigenvalue weighted by atomic mass is 79.9. The highest BCUT2D eigenvalue weighted by molar-refractivity contribution is 9.10. The molecule has 0 aliphatic heterocycles. The van der Waals surface area contributed by atoms with Crippen LogP contribution < -0.4 is 10.5 Å². The topological polar surface area (TPSA) is 59.1 Å². The molecule has 5 heteroatoms. The van der Waals surface area contributed by atoms with Gasteiger partial charge in [0.15, 0.2) is 11.6 Å². The van der Waals surface area contributed by atoms with Crippen LogP contribution in [0, 0.1) is 11.2 Å². The number of nitrogens with one attached hydrogen (secondary N) is 1. The van der Waals surface area contributed by atoms with Gasteiger partial charge in [0.25, 0.3) is 0 Å². The Bertz CT molecular complexity index is 424. The number of nitrogens with two attached hydrogens (primary N) is 1. The Morgan fingerprint density at radius 1 is 1.39 bits per heavy atom. The zero-order valence-electron chi connectivity index (χ0n) is 10.4. The minimum Gasteiger partial charge on any atom is -0.490 e. The number of halogens is 2. The van der Waals surface area contributed by atoms with Crippen molar-refractivity contribution >= 4 is 21.8 Å². The average Bonchev–Trinajstić information content (AvgIpc) is 2.33. The summed E-state index contributed by atoms with van der Waals surface area (Å²) in [6, 6.07) is 3.09. The molecule has 0 unspecified atom stereocenters. The quantitative estimate of drug-likeness (QED) is 0.456. The molecule has 100 valence electrons. The SMILES string of the molecule is CCCCCCOc1ccc(C(=N)N)c(Br)c1F. The average molecular weight is 317 g/mol. The fourth-order valence-electron chi connectivity index (χ4n) is 1.56. The molecule has 1 rings (SSSR count). The first-order chi connectivity index (χ1) is 8.57. The molecule has 3 nitrogen and oxygen atoms in total. The maximum Gasteiger partial charge on any atom is 0.179 e. The molecule has 0 fully saturated rings. The lowest BCUT2D eigenvalue weighted by Gasteiger charge is -2.10. The van der Waals surface area contributed by atoms with Crippen LogP contribution in [0.4, 0.5) is 4.39 Å². The zero-order valence-corrected chi connectivity index (χ0v) is 12.0. The van der Waals surface area contributed by atoms with Crippen LogP contribution in [0.2, 0.25) is 0 Å². The molecule has 1 aromatic carbocycles. The van der Waals surface area contributed by atoms with E-state index in [1.807, 2.05) is 0 Å². The normalized spacial score (nSPS) is 10.4. The molecular formula is C13H18BrFN2O. The van der Waals surface area contributed by atoms with E-state index in [9.17, 15) is 4.39 Å². The number of benzene rings is 1. The third-order valence-electron chi connectivity index (χ3n) is 2.59. The number of hydrogen-bond donors (Lipinski definition) is 2. The third kappa shape index (κ3) is 3.98. The maximum atomic E-state index is 13.9. The van der Waals surface area contributed by atoms with Gasteiger partial charge in [-0.25, -0.2) is 4.39 Å².